The van der Waals surface area contributed by atoms with Gasteiger partial charge in [-0.25, -0.2) is 8.42 Å². The first kappa shape index (κ1) is 21.4. The maximum Gasteiger partial charge on any atom is 0.257 e. The second-order valence-electron chi connectivity index (χ2n) is 7.54. The topological polar surface area (TPSA) is 89.0 Å². The fourth-order valence-electron chi connectivity index (χ4n) is 2.54. The van der Waals surface area contributed by atoms with Gasteiger partial charge in [0, 0.05) is 10.6 Å². The van der Waals surface area contributed by atoms with Crippen LogP contribution < -0.4 is 5.32 Å². The minimum absolute atomic E-state index is 0.0123. The first-order valence-corrected chi connectivity index (χ1v) is 11.6. The van der Waals surface area contributed by atoms with E-state index in [2.05, 4.69) is 36.3 Å². The molecule has 1 amide bonds. The summed E-state index contributed by atoms with van der Waals surface area (Å²) in [4.78, 5) is 12.4. The normalized spacial score (nSPS) is 12.0. The van der Waals surface area contributed by atoms with Gasteiger partial charge >= 0.3 is 0 Å². The first-order valence-electron chi connectivity index (χ1n) is 8.77. The van der Waals surface area contributed by atoms with Gasteiger partial charge in [0.05, 0.1) is 5.75 Å². The summed E-state index contributed by atoms with van der Waals surface area (Å²) in [6.45, 7) is 6.28. The highest BCUT2D eigenvalue weighted by molar-refractivity contribution is 7.92. The van der Waals surface area contributed by atoms with Crippen molar-refractivity contribution < 1.29 is 13.2 Å². The lowest BCUT2D eigenvalue weighted by Crippen LogP contribution is -2.14. The van der Waals surface area contributed by atoms with Crippen molar-refractivity contribution in [3.8, 4) is 0 Å². The minimum atomic E-state index is -3.68. The first-order chi connectivity index (χ1) is 13.5. The lowest BCUT2D eigenvalue weighted by Gasteiger charge is -2.18. The number of aromatic nitrogens is 2. The molecular formula is C20H20ClN3O3S2. The van der Waals surface area contributed by atoms with E-state index in [4.69, 9.17) is 11.6 Å². The van der Waals surface area contributed by atoms with Gasteiger partial charge < -0.3 is 0 Å². The second kappa shape index (κ2) is 8.22. The van der Waals surface area contributed by atoms with E-state index in [9.17, 15) is 13.2 Å². The lowest BCUT2D eigenvalue weighted by atomic mass is 9.87. The number of halogens is 1. The molecule has 3 rings (SSSR count). The largest absolute Gasteiger partial charge is 0.296 e. The molecule has 0 saturated heterocycles. The maximum absolute atomic E-state index is 12.5. The monoisotopic (exact) mass is 449 g/mol. The van der Waals surface area contributed by atoms with Crippen LogP contribution in [0.3, 0.4) is 0 Å². The fourth-order valence-corrected chi connectivity index (χ4v) is 4.98. The van der Waals surface area contributed by atoms with Crippen LogP contribution in [0.4, 0.5) is 5.13 Å². The average Bonchev–Trinajstić information content (AvgIpc) is 3.12. The summed E-state index contributed by atoms with van der Waals surface area (Å²) in [6.07, 6.45) is 0. The third kappa shape index (κ3) is 5.41. The number of benzene rings is 2. The minimum Gasteiger partial charge on any atom is -0.296 e. The van der Waals surface area contributed by atoms with Crippen LogP contribution in [0.2, 0.25) is 5.02 Å². The second-order valence-corrected chi connectivity index (χ2v) is 11.1. The van der Waals surface area contributed by atoms with E-state index in [0.29, 0.717) is 16.1 Å². The maximum atomic E-state index is 12.5. The predicted octanol–water partition coefficient (Wildman–Crippen LogP) is 4.72. The van der Waals surface area contributed by atoms with Gasteiger partial charge in [-0.15, -0.1) is 10.2 Å². The molecular weight excluding hydrogens is 430 g/mol. The molecule has 0 aliphatic heterocycles. The van der Waals surface area contributed by atoms with Gasteiger partial charge in [-0.2, -0.15) is 0 Å². The molecule has 0 spiro atoms. The Morgan fingerprint density at radius 1 is 1.03 bits per heavy atom. The number of anilines is 1. The Bertz CT molecular complexity index is 1120. The molecule has 0 aliphatic carbocycles. The Morgan fingerprint density at radius 3 is 2.24 bits per heavy atom. The smallest absolute Gasteiger partial charge is 0.257 e. The fraction of sp³-hybridized carbons (Fsp3) is 0.250. The summed E-state index contributed by atoms with van der Waals surface area (Å²) in [5.74, 6) is -0.593. The highest BCUT2D eigenvalue weighted by Gasteiger charge is 2.22. The molecule has 1 N–H and O–H groups in total. The van der Waals surface area contributed by atoms with Crippen molar-refractivity contribution in [3.63, 3.8) is 0 Å². The van der Waals surface area contributed by atoms with E-state index in [1.54, 1.807) is 36.4 Å². The van der Waals surface area contributed by atoms with Gasteiger partial charge in [0.2, 0.25) is 19.3 Å². The van der Waals surface area contributed by atoms with Gasteiger partial charge in [-0.1, -0.05) is 68.0 Å². The number of nitrogens with zero attached hydrogens (tertiary/aromatic N) is 2. The third-order valence-electron chi connectivity index (χ3n) is 4.18. The van der Waals surface area contributed by atoms with Crippen LogP contribution in [-0.4, -0.2) is 24.5 Å². The van der Waals surface area contributed by atoms with Crippen molar-refractivity contribution >= 4 is 43.8 Å². The van der Waals surface area contributed by atoms with Crippen molar-refractivity contribution in [2.75, 3.05) is 5.32 Å². The summed E-state index contributed by atoms with van der Waals surface area (Å²) in [5.41, 5.74) is 2.15. The van der Waals surface area contributed by atoms with Crippen molar-refractivity contribution in [1.82, 2.24) is 10.2 Å². The van der Waals surface area contributed by atoms with Crippen LogP contribution in [0, 0.1) is 0 Å². The van der Waals surface area contributed by atoms with Crippen molar-refractivity contribution in [1.29, 1.82) is 0 Å². The third-order valence-corrected chi connectivity index (χ3v) is 7.40. The van der Waals surface area contributed by atoms with E-state index in [1.807, 2.05) is 12.1 Å². The number of hydrogen-bond donors (Lipinski definition) is 1. The van der Waals surface area contributed by atoms with Gasteiger partial charge in [0.25, 0.3) is 5.91 Å². The number of sulfone groups is 1. The molecule has 3 aromatic rings. The Balaban J connectivity index is 1.70. The van der Waals surface area contributed by atoms with Gasteiger partial charge in [0.15, 0.2) is 0 Å². The van der Waals surface area contributed by atoms with Gasteiger partial charge in [-0.05, 0) is 40.8 Å². The van der Waals surface area contributed by atoms with Crippen LogP contribution in [-0.2, 0) is 21.0 Å². The molecule has 2 aromatic carbocycles. The number of carbonyl (C=O) groups excluding carboxylic acids is 1. The summed E-state index contributed by atoms with van der Waals surface area (Å²) in [5, 5.41) is 10.8. The summed E-state index contributed by atoms with van der Waals surface area (Å²) < 4.78 is 25.0. The molecule has 0 fully saturated rings. The molecule has 0 saturated carbocycles. The highest BCUT2D eigenvalue weighted by atomic mass is 35.5. The molecule has 0 unspecified atom stereocenters. The SMILES string of the molecule is CC(C)(C)c1ccc(C(=O)Nc2nnc(S(=O)(=O)Cc3ccc(Cl)cc3)s2)cc1. The molecule has 0 aliphatic rings. The summed E-state index contributed by atoms with van der Waals surface area (Å²) in [7, 11) is -3.68. The number of nitrogens with one attached hydrogen (secondary N) is 1. The number of amides is 1. The molecule has 1 aromatic heterocycles. The Hall–Kier alpha value is -2.29. The molecule has 152 valence electrons. The van der Waals surface area contributed by atoms with Crippen molar-refractivity contribution in [2.45, 2.75) is 36.3 Å². The zero-order valence-corrected chi connectivity index (χ0v) is 18.5. The number of hydrogen-bond acceptors (Lipinski definition) is 6. The zero-order chi connectivity index (χ0) is 21.2. The zero-order valence-electron chi connectivity index (χ0n) is 16.1. The standard InChI is InChI=1S/C20H20ClN3O3S2/c1-20(2,3)15-8-6-14(7-9-15)17(25)22-18-23-24-19(28-18)29(26,27)12-13-4-10-16(21)11-5-13/h4-11H,12H2,1-3H3,(H,22,23,25). The molecule has 0 atom stereocenters. The molecule has 9 heteroatoms. The van der Waals surface area contributed by atoms with E-state index >= 15 is 0 Å². The van der Waals surface area contributed by atoms with Crippen LogP contribution in [0.25, 0.3) is 0 Å². The van der Waals surface area contributed by atoms with E-state index in [-0.39, 0.29) is 26.5 Å². The highest BCUT2D eigenvalue weighted by Crippen LogP contribution is 2.25. The van der Waals surface area contributed by atoms with E-state index < -0.39 is 9.84 Å². The lowest BCUT2D eigenvalue weighted by molar-refractivity contribution is 0.102. The average molecular weight is 450 g/mol. The van der Waals surface area contributed by atoms with Crippen molar-refractivity contribution in [2.24, 2.45) is 0 Å². The Kier molecular flexibility index (Phi) is 6.07. The van der Waals surface area contributed by atoms with Gasteiger partial charge in [0.1, 0.15) is 0 Å². The molecule has 29 heavy (non-hydrogen) atoms. The molecule has 6 nitrogen and oxygen atoms in total. The Morgan fingerprint density at radius 2 is 1.66 bits per heavy atom. The van der Waals surface area contributed by atoms with Crippen LogP contribution >= 0.6 is 22.9 Å². The Labute approximate surface area is 178 Å². The van der Waals surface area contributed by atoms with Crippen LogP contribution in [0.15, 0.2) is 52.9 Å². The molecule has 0 bridgehead atoms. The summed E-state index contributed by atoms with van der Waals surface area (Å²) in [6, 6.07) is 13.8. The number of carbonyl (C=O) groups is 1. The van der Waals surface area contributed by atoms with E-state index in [1.165, 1.54) is 0 Å². The summed E-state index contributed by atoms with van der Waals surface area (Å²) >= 11 is 6.65. The van der Waals surface area contributed by atoms with Crippen LogP contribution in [0.5, 0.6) is 0 Å². The van der Waals surface area contributed by atoms with Crippen molar-refractivity contribution in [3.05, 3.63) is 70.2 Å². The quantitative estimate of drug-likeness (QED) is 0.569. The predicted molar refractivity (Wildman–Crippen MR) is 115 cm³/mol. The van der Waals surface area contributed by atoms with E-state index in [0.717, 1.165) is 16.9 Å². The number of rotatable bonds is 5. The van der Waals surface area contributed by atoms with Gasteiger partial charge in [-0.3, -0.25) is 10.1 Å². The molecule has 0 radical (unpaired) electrons. The molecule has 1 heterocycles. The van der Waals surface area contributed by atoms with Crippen LogP contribution in [0.1, 0.15) is 42.3 Å².